The zero-order valence-corrected chi connectivity index (χ0v) is 17.6. The predicted molar refractivity (Wildman–Crippen MR) is 115 cm³/mol. The lowest BCUT2D eigenvalue weighted by atomic mass is 10.0. The highest BCUT2D eigenvalue weighted by atomic mass is 32.1. The first kappa shape index (κ1) is 19.4. The lowest BCUT2D eigenvalue weighted by Gasteiger charge is -2.28. The molecule has 3 heterocycles. The molecule has 7 nitrogen and oxygen atoms in total. The minimum atomic E-state index is 0.161. The number of aliphatic imine (C=N–C) groups is 1. The summed E-state index contributed by atoms with van der Waals surface area (Å²) in [4.78, 5) is 6.15. The summed E-state index contributed by atoms with van der Waals surface area (Å²) < 4.78 is 7.76. The van der Waals surface area contributed by atoms with Gasteiger partial charge < -0.3 is 19.9 Å². The quantitative estimate of drug-likeness (QED) is 0.483. The van der Waals surface area contributed by atoms with Gasteiger partial charge in [-0.05, 0) is 30.9 Å². The van der Waals surface area contributed by atoms with E-state index in [2.05, 4.69) is 44.4 Å². The van der Waals surface area contributed by atoms with Crippen molar-refractivity contribution in [2.45, 2.75) is 32.4 Å². The lowest BCUT2D eigenvalue weighted by Crippen LogP contribution is -2.42. The third-order valence-corrected chi connectivity index (χ3v) is 6.01. The molecule has 3 aromatic rings. The van der Waals surface area contributed by atoms with Crippen LogP contribution < -0.4 is 15.4 Å². The molecule has 1 atom stereocenters. The SMILES string of the molecule is Cc1nnc(CN=C(NCCc2cccs2)NC2CCOc3ccccc32)n1C. The van der Waals surface area contributed by atoms with Crippen LogP contribution in [-0.2, 0) is 20.0 Å². The molecule has 0 fully saturated rings. The highest BCUT2D eigenvalue weighted by Gasteiger charge is 2.22. The fourth-order valence-electron chi connectivity index (χ4n) is 3.31. The Morgan fingerprint density at radius 2 is 2.17 bits per heavy atom. The number of rotatable bonds is 6. The summed E-state index contributed by atoms with van der Waals surface area (Å²) in [5, 5.41) is 17.5. The second-order valence-corrected chi connectivity index (χ2v) is 8.05. The van der Waals surface area contributed by atoms with Crippen molar-refractivity contribution >= 4 is 17.3 Å². The number of para-hydroxylation sites is 1. The molecule has 0 bridgehead atoms. The van der Waals surface area contributed by atoms with Crippen molar-refractivity contribution in [1.29, 1.82) is 0 Å². The number of nitrogens with one attached hydrogen (secondary N) is 2. The molecule has 4 rings (SSSR count). The van der Waals surface area contributed by atoms with E-state index in [1.165, 1.54) is 10.4 Å². The first-order chi connectivity index (χ1) is 14.2. The number of guanidine groups is 1. The van der Waals surface area contributed by atoms with Crippen LogP contribution >= 0.6 is 11.3 Å². The van der Waals surface area contributed by atoms with Crippen molar-refractivity contribution in [3.8, 4) is 5.75 Å². The summed E-state index contributed by atoms with van der Waals surface area (Å²) in [5.74, 6) is 3.45. The third-order valence-electron chi connectivity index (χ3n) is 5.07. The van der Waals surface area contributed by atoms with Crippen LogP contribution in [0.4, 0.5) is 0 Å². The van der Waals surface area contributed by atoms with Crippen LogP contribution in [0.1, 0.15) is 34.6 Å². The molecule has 1 unspecified atom stereocenters. The first-order valence-electron chi connectivity index (χ1n) is 9.84. The molecule has 2 aromatic heterocycles. The number of ether oxygens (including phenoxy) is 1. The highest BCUT2D eigenvalue weighted by molar-refractivity contribution is 7.09. The minimum Gasteiger partial charge on any atom is -0.493 e. The fraction of sp³-hybridized carbons (Fsp3) is 0.381. The summed E-state index contributed by atoms with van der Waals surface area (Å²) in [7, 11) is 1.96. The van der Waals surface area contributed by atoms with Gasteiger partial charge in [0.1, 0.15) is 18.1 Å². The van der Waals surface area contributed by atoms with Gasteiger partial charge in [0.15, 0.2) is 11.8 Å². The summed E-state index contributed by atoms with van der Waals surface area (Å²) >= 11 is 1.78. The zero-order valence-electron chi connectivity index (χ0n) is 16.8. The average Bonchev–Trinajstić information content (AvgIpc) is 3.37. The van der Waals surface area contributed by atoms with Gasteiger partial charge in [0.05, 0.1) is 12.6 Å². The molecule has 8 heteroatoms. The summed E-state index contributed by atoms with van der Waals surface area (Å²) in [6, 6.07) is 12.6. The van der Waals surface area contributed by atoms with E-state index in [0.29, 0.717) is 13.2 Å². The first-order valence-corrected chi connectivity index (χ1v) is 10.7. The number of hydrogen-bond acceptors (Lipinski definition) is 5. The van der Waals surface area contributed by atoms with Gasteiger partial charge in [-0.2, -0.15) is 0 Å². The van der Waals surface area contributed by atoms with E-state index in [1.807, 2.05) is 36.7 Å². The molecule has 29 heavy (non-hydrogen) atoms. The Morgan fingerprint density at radius 1 is 1.28 bits per heavy atom. The smallest absolute Gasteiger partial charge is 0.192 e. The van der Waals surface area contributed by atoms with Crippen LogP contribution in [0.3, 0.4) is 0 Å². The Balaban J connectivity index is 1.48. The van der Waals surface area contributed by atoms with E-state index in [1.54, 1.807) is 11.3 Å². The molecule has 1 aliphatic rings. The second kappa shape index (κ2) is 9.09. The number of nitrogens with zero attached hydrogens (tertiary/aromatic N) is 4. The third kappa shape index (κ3) is 4.76. The Labute approximate surface area is 174 Å². The molecule has 0 saturated carbocycles. The molecule has 152 valence electrons. The van der Waals surface area contributed by atoms with Crippen LogP contribution in [0, 0.1) is 6.92 Å². The van der Waals surface area contributed by atoms with Gasteiger partial charge in [0.25, 0.3) is 0 Å². The minimum absolute atomic E-state index is 0.161. The van der Waals surface area contributed by atoms with Crippen molar-refractivity contribution < 1.29 is 4.74 Å². The molecule has 1 aromatic carbocycles. The summed E-state index contributed by atoms with van der Waals surface area (Å²) in [6.45, 7) is 3.92. The fourth-order valence-corrected chi connectivity index (χ4v) is 4.02. The molecular formula is C21H26N6OS. The molecule has 0 spiro atoms. The summed E-state index contributed by atoms with van der Waals surface area (Å²) in [6.07, 6.45) is 1.86. The molecule has 1 aliphatic heterocycles. The number of aromatic nitrogens is 3. The van der Waals surface area contributed by atoms with Crippen LogP contribution in [0.2, 0.25) is 0 Å². The monoisotopic (exact) mass is 410 g/mol. The molecule has 0 saturated heterocycles. The van der Waals surface area contributed by atoms with Gasteiger partial charge in [-0.15, -0.1) is 21.5 Å². The molecule has 0 amide bonds. The van der Waals surface area contributed by atoms with Gasteiger partial charge in [0, 0.05) is 30.5 Å². The van der Waals surface area contributed by atoms with Gasteiger partial charge in [-0.1, -0.05) is 24.3 Å². The van der Waals surface area contributed by atoms with Gasteiger partial charge in [-0.25, -0.2) is 4.99 Å². The van der Waals surface area contributed by atoms with E-state index in [9.17, 15) is 0 Å². The van der Waals surface area contributed by atoms with Crippen LogP contribution in [0.15, 0.2) is 46.8 Å². The highest BCUT2D eigenvalue weighted by Crippen LogP contribution is 2.31. The maximum atomic E-state index is 5.79. The number of thiophene rings is 1. The lowest BCUT2D eigenvalue weighted by molar-refractivity contribution is 0.261. The van der Waals surface area contributed by atoms with Crippen molar-refractivity contribution in [1.82, 2.24) is 25.4 Å². The van der Waals surface area contributed by atoms with Crippen LogP contribution in [0.25, 0.3) is 0 Å². The Hall–Kier alpha value is -2.87. The predicted octanol–water partition coefficient (Wildman–Crippen LogP) is 2.99. The van der Waals surface area contributed by atoms with Gasteiger partial charge >= 0.3 is 0 Å². The number of hydrogen-bond donors (Lipinski definition) is 2. The van der Waals surface area contributed by atoms with E-state index < -0.39 is 0 Å². The molecule has 2 N–H and O–H groups in total. The Bertz CT molecular complexity index is 965. The number of fused-ring (bicyclic) bond motifs is 1. The maximum absolute atomic E-state index is 5.79. The van der Waals surface area contributed by atoms with E-state index >= 15 is 0 Å². The van der Waals surface area contributed by atoms with E-state index in [4.69, 9.17) is 9.73 Å². The van der Waals surface area contributed by atoms with E-state index in [-0.39, 0.29) is 6.04 Å². The van der Waals surface area contributed by atoms with Gasteiger partial charge in [-0.3, -0.25) is 0 Å². The topological polar surface area (TPSA) is 76.4 Å². The molecular weight excluding hydrogens is 384 g/mol. The van der Waals surface area contributed by atoms with Crippen LogP contribution in [-0.4, -0.2) is 33.9 Å². The normalized spacial score (nSPS) is 16.2. The van der Waals surface area contributed by atoms with Crippen molar-refractivity contribution in [2.24, 2.45) is 12.0 Å². The van der Waals surface area contributed by atoms with Crippen LogP contribution in [0.5, 0.6) is 5.75 Å². The standard InChI is InChI=1S/C21H26N6OS/c1-15-25-26-20(27(15)2)14-23-21(22-11-9-16-6-5-13-29-16)24-18-10-12-28-19-8-4-3-7-17(18)19/h3-8,13,18H,9-12,14H2,1-2H3,(H2,22,23,24). The second-order valence-electron chi connectivity index (χ2n) is 7.02. The Kier molecular flexibility index (Phi) is 6.09. The molecule has 0 radical (unpaired) electrons. The summed E-state index contributed by atoms with van der Waals surface area (Å²) in [5.41, 5.74) is 1.17. The largest absolute Gasteiger partial charge is 0.493 e. The van der Waals surface area contributed by atoms with E-state index in [0.717, 1.165) is 42.7 Å². The Morgan fingerprint density at radius 3 is 2.97 bits per heavy atom. The average molecular weight is 411 g/mol. The van der Waals surface area contributed by atoms with Gasteiger partial charge in [0.2, 0.25) is 0 Å². The molecule has 0 aliphatic carbocycles. The van der Waals surface area contributed by atoms with Crippen molar-refractivity contribution in [2.75, 3.05) is 13.2 Å². The maximum Gasteiger partial charge on any atom is 0.192 e. The zero-order chi connectivity index (χ0) is 20.1. The van der Waals surface area contributed by atoms with Crippen molar-refractivity contribution in [3.63, 3.8) is 0 Å². The van der Waals surface area contributed by atoms with Crippen molar-refractivity contribution in [3.05, 3.63) is 63.9 Å². The number of aryl methyl sites for hydroxylation is 1. The number of benzene rings is 1.